The zero-order chi connectivity index (χ0) is 15.2. The SMILES string of the molecule is CCC(C)(C)NC(=O)C(C)NCC1(SC)CCCCC1. The average molecular weight is 301 g/mol. The molecule has 4 heteroatoms. The first-order valence-electron chi connectivity index (χ1n) is 7.95. The van der Waals surface area contributed by atoms with Gasteiger partial charge in [0.05, 0.1) is 6.04 Å². The molecular formula is C16H32N2OS. The Balaban J connectivity index is 2.45. The van der Waals surface area contributed by atoms with E-state index in [4.69, 9.17) is 0 Å². The van der Waals surface area contributed by atoms with Crippen molar-refractivity contribution in [3.05, 3.63) is 0 Å². The van der Waals surface area contributed by atoms with E-state index in [0.29, 0.717) is 4.75 Å². The van der Waals surface area contributed by atoms with E-state index in [9.17, 15) is 4.79 Å². The van der Waals surface area contributed by atoms with Crippen molar-refractivity contribution in [2.24, 2.45) is 0 Å². The van der Waals surface area contributed by atoms with Crippen LogP contribution in [0.2, 0.25) is 0 Å². The molecule has 3 nitrogen and oxygen atoms in total. The summed E-state index contributed by atoms with van der Waals surface area (Å²) >= 11 is 1.97. The summed E-state index contributed by atoms with van der Waals surface area (Å²) in [7, 11) is 0. The minimum atomic E-state index is -0.119. The van der Waals surface area contributed by atoms with E-state index in [1.54, 1.807) is 0 Å². The van der Waals surface area contributed by atoms with Gasteiger partial charge in [0.2, 0.25) is 5.91 Å². The third-order valence-electron chi connectivity index (χ3n) is 4.67. The van der Waals surface area contributed by atoms with Crippen LogP contribution in [0.25, 0.3) is 0 Å². The molecule has 1 atom stereocenters. The maximum Gasteiger partial charge on any atom is 0.237 e. The molecular weight excluding hydrogens is 268 g/mol. The molecule has 1 fully saturated rings. The van der Waals surface area contributed by atoms with Crippen LogP contribution >= 0.6 is 11.8 Å². The van der Waals surface area contributed by atoms with E-state index in [2.05, 4.69) is 37.7 Å². The molecule has 1 unspecified atom stereocenters. The number of carbonyl (C=O) groups excluding carboxylic acids is 1. The summed E-state index contributed by atoms with van der Waals surface area (Å²) in [4.78, 5) is 12.2. The lowest BCUT2D eigenvalue weighted by molar-refractivity contribution is -0.124. The Labute approximate surface area is 129 Å². The van der Waals surface area contributed by atoms with Crippen LogP contribution in [0.5, 0.6) is 0 Å². The van der Waals surface area contributed by atoms with Crippen molar-refractivity contribution >= 4 is 17.7 Å². The Kier molecular flexibility index (Phi) is 6.86. The van der Waals surface area contributed by atoms with Crippen molar-refractivity contribution in [1.82, 2.24) is 10.6 Å². The van der Waals surface area contributed by atoms with Gasteiger partial charge in [-0.1, -0.05) is 26.2 Å². The molecule has 1 amide bonds. The fourth-order valence-electron chi connectivity index (χ4n) is 2.61. The van der Waals surface area contributed by atoms with E-state index in [1.807, 2.05) is 18.7 Å². The highest BCUT2D eigenvalue weighted by Gasteiger charge is 2.32. The molecule has 1 aliphatic carbocycles. The highest BCUT2D eigenvalue weighted by atomic mass is 32.2. The fourth-order valence-corrected chi connectivity index (χ4v) is 3.54. The summed E-state index contributed by atoms with van der Waals surface area (Å²) in [6, 6.07) is -0.119. The van der Waals surface area contributed by atoms with Gasteiger partial charge < -0.3 is 10.6 Å². The van der Waals surface area contributed by atoms with E-state index in [-0.39, 0.29) is 17.5 Å². The molecule has 0 aromatic rings. The molecule has 0 aromatic heterocycles. The molecule has 1 saturated carbocycles. The number of nitrogens with one attached hydrogen (secondary N) is 2. The Hall–Kier alpha value is -0.220. The minimum absolute atomic E-state index is 0.115. The third-order valence-corrected chi connectivity index (χ3v) is 6.09. The molecule has 20 heavy (non-hydrogen) atoms. The Bertz CT molecular complexity index is 312. The van der Waals surface area contributed by atoms with Gasteiger partial charge in [-0.3, -0.25) is 4.79 Å². The second-order valence-electron chi connectivity index (χ2n) is 6.78. The number of carbonyl (C=O) groups is 1. The Morgan fingerprint density at radius 1 is 1.30 bits per heavy atom. The summed E-state index contributed by atoms with van der Waals surface area (Å²) in [5, 5.41) is 6.57. The van der Waals surface area contributed by atoms with Crippen molar-refractivity contribution in [3.8, 4) is 0 Å². The Morgan fingerprint density at radius 2 is 1.90 bits per heavy atom. The molecule has 118 valence electrons. The van der Waals surface area contributed by atoms with Crippen molar-refractivity contribution in [2.45, 2.75) is 82.5 Å². The lowest BCUT2D eigenvalue weighted by atomic mass is 9.88. The number of rotatable bonds is 7. The van der Waals surface area contributed by atoms with E-state index >= 15 is 0 Å². The molecule has 0 bridgehead atoms. The first kappa shape index (κ1) is 17.8. The Morgan fingerprint density at radius 3 is 2.40 bits per heavy atom. The molecule has 1 aliphatic rings. The van der Waals surface area contributed by atoms with Gasteiger partial charge >= 0.3 is 0 Å². The lowest BCUT2D eigenvalue weighted by Gasteiger charge is -2.37. The standard InChI is InChI=1S/C16H32N2OS/c1-6-15(3,4)18-14(19)13(2)17-12-16(20-5)10-8-7-9-11-16/h13,17H,6-12H2,1-5H3,(H,18,19). The first-order valence-corrected chi connectivity index (χ1v) is 9.17. The van der Waals surface area contributed by atoms with Gasteiger partial charge in [0.25, 0.3) is 0 Å². The second kappa shape index (κ2) is 7.69. The van der Waals surface area contributed by atoms with Crippen LogP contribution in [0.4, 0.5) is 0 Å². The highest BCUT2D eigenvalue weighted by Crippen LogP contribution is 2.38. The van der Waals surface area contributed by atoms with Crippen LogP contribution < -0.4 is 10.6 Å². The van der Waals surface area contributed by atoms with E-state index in [0.717, 1.165) is 13.0 Å². The van der Waals surface area contributed by atoms with Crippen LogP contribution in [0.3, 0.4) is 0 Å². The van der Waals surface area contributed by atoms with Crippen molar-refractivity contribution in [2.75, 3.05) is 12.8 Å². The first-order chi connectivity index (χ1) is 9.34. The zero-order valence-electron chi connectivity index (χ0n) is 13.8. The van der Waals surface area contributed by atoms with Crippen LogP contribution in [-0.4, -0.2) is 35.0 Å². The summed E-state index contributed by atoms with van der Waals surface area (Å²) < 4.78 is 0.340. The van der Waals surface area contributed by atoms with Crippen molar-refractivity contribution in [1.29, 1.82) is 0 Å². The molecule has 0 heterocycles. The van der Waals surface area contributed by atoms with Gasteiger partial charge in [0.15, 0.2) is 0 Å². The van der Waals surface area contributed by atoms with Crippen molar-refractivity contribution < 1.29 is 4.79 Å². The van der Waals surface area contributed by atoms with Crippen LogP contribution in [0.15, 0.2) is 0 Å². The molecule has 0 aliphatic heterocycles. The largest absolute Gasteiger partial charge is 0.350 e. The number of hydrogen-bond acceptors (Lipinski definition) is 3. The summed E-state index contributed by atoms with van der Waals surface area (Å²) in [6.07, 6.45) is 9.71. The van der Waals surface area contributed by atoms with Crippen LogP contribution in [0, 0.1) is 0 Å². The van der Waals surface area contributed by atoms with E-state index < -0.39 is 0 Å². The topological polar surface area (TPSA) is 41.1 Å². The molecule has 2 N–H and O–H groups in total. The number of thioether (sulfide) groups is 1. The van der Waals surface area contributed by atoms with Gasteiger partial charge in [-0.05, 0) is 46.3 Å². The summed E-state index contributed by atoms with van der Waals surface area (Å²) in [5.41, 5.74) is -0.116. The van der Waals surface area contributed by atoms with Crippen LogP contribution in [0.1, 0.15) is 66.2 Å². The predicted molar refractivity (Wildman–Crippen MR) is 89.3 cm³/mol. The van der Waals surface area contributed by atoms with Gasteiger partial charge in [-0.15, -0.1) is 0 Å². The van der Waals surface area contributed by atoms with Gasteiger partial charge in [-0.2, -0.15) is 11.8 Å². The number of amides is 1. The fraction of sp³-hybridized carbons (Fsp3) is 0.938. The van der Waals surface area contributed by atoms with Crippen LogP contribution in [-0.2, 0) is 4.79 Å². The quantitative estimate of drug-likeness (QED) is 0.758. The monoisotopic (exact) mass is 300 g/mol. The van der Waals surface area contributed by atoms with Crippen molar-refractivity contribution in [3.63, 3.8) is 0 Å². The van der Waals surface area contributed by atoms with E-state index in [1.165, 1.54) is 32.1 Å². The smallest absolute Gasteiger partial charge is 0.237 e. The normalized spacial score (nSPS) is 20.4. The second-order valence-corrected chi connectivity index (χ2v) is 8.05. The highest BCUT2D eigenvalue weighted by molar-refractivity contribution is 8.00. The molecule has 0 spiro atoms. The molecule has 0 aromatic carbocycles. The lowest BCUT2D eigenvalue weighted by Crippen LogP contribution is -2.53. The summed E-state index contributed by atoms with van der Waals surface area (Å²) in [6.45, 7) is 9.15. The van der Waals surface area contributed by atoms with Gasteiger partial charge in [-0.25, -0.2) is 0 Å². The van der Waals surface area contributed by atoms with Gasteiger partial charge in [0, 0.05) is 16.8 Å². The maximum atomic E-state index is 12.2. The molecule has 0 saturated heterocycles. The zero-order valence-corrected chi connectivity index (χ0v) is 14.7. The average Bonchev–Trinajstić information content (AvgIpc) is 2.45. The molecule has 0 radical (unpaired) electrons. The minimum Gasteiger partial charge on any atom is -0.350 e. The predicted octanol–water partition coefficient (Wildman–Crippen LogP) is 3.34. The summed E-state index contributed by atoms with van der Waals surface area (Å²) in [5.74, 6) is 0.115. The molecule has 1 rings (SSSR count). The third kappa shape index (κ3) is 5.28. The van der Waals surface area contributed by atoms with Gasteiger partial charge in [0.1, 0.15) is 0 Å². The maximum absolute atomic E-state index is 12.2. The number of hydrogen-bond donors (Lipinski definition) is 2.